The molecular formula is C9H10O3Zn. The maximum atomic E-state index is 11.2. The first kappa shape index (κ1) is 10.7. The van der Waals surface area contributed by atoms with Gasteiger partial charge in [0.15, 0.2) is 0 Å². The molecule has 0 bridgehead atoms. The number of Topliss-reactive ketones (excluding diaryl/α,β-unsaturated/α-hetero) is 3. The van der Waals surface area contributed by atoms with E-state index in [9.17, 15) is 14.4 Å². The van der Waals surface area contributed by atoms with Crippen LogP contribution in [0.4, 0.5) is 0 Å². The Labute approximate surface area is 89.0 Å². The number of hydrogen-bond acceptors (Lipinski definition) is 3. The van der Waals surface area contributed by atoms with E-state index in [-0.39, 0.29) is 31.3 Å². The Kier molecular flexibility index (Phi) is 3.12. The first-order chi connectivity index (χ1) is 5.72. The Balaban J connectivity index is 0.000000845. The van der Waals surface area contributed by atoms with Gasteiger partial charge in [0.05, 0.1) is 0 Å². The first-order valence-electron chi connectivity index (χ1n) is 4.34. The third-order valence-corrected chi connectivity index (χ3v) is 2.89. The van der Waals surface area contributed by atoms with Crippen LogP contribution in [0.2, 0.25) is 0 Å². The van der Waals surface area contributed by atoms with Crippen LogP contribution < -0.4 is 0 Å². The second-order valence-electron chi connectivity index (χ2n) is 3.56. The molecule has 0 aromatic heterocycles. The smallest absolute Gasteiger partial charge is 0.264 e. The summed E-state index contributed by atoms with van der Waals surface area (Å²) >= 11 is 0. The van der Waals surface area contributed by atoms with Crippen molar-refractivity contribution in [3.8, 4) is 0 Å². The largest absolute Gasteiger partial charge is 0.290 e. The molecule has 2 atom stereocenters. The van der Waals surface area contributed by atoms with Gasteiger partial charge in [0, 0.05) is 31.3 Å². The minimum atomic E-state index is -0.744. The summed E-state index contributed by atoms with van der Waals surface area (Å²) in [7, 11) is 0. The van der Waals surface area contributed by atoms with Gasteiger partial charge in [-0.15, -0.1) is 0 Å². The summed E-state index contributed by atoms with van der Waals surface area (Å²) in [6.45, 7) is 0. The molecule has 0 radical (unpaired) electrons. The quantitative estimate of drug-likeness (QED) is 0.451. The Bertz CT molecular complexity index is 246. The van der Waals surface area contributed by atoms with Crippen molar-refractivity contribution in [1.82, 2.24) is 0 Å². The van der Waals surface area contributed by atoms with Crippen molar-refractivity contribution in [3.05, 3.63) is 0 Å². The minimum absolute atomic E-state index is 0. The van der Waals surface area contributed by atoms with Crippen LogP contribution in [0.15, 0.2) is 0 Å². The van der Waals surface area contributed by atoms with E-state index in [2.05, 4.69) is 0 Å². The van der Waals surface area contributed by atoms with Crippen LogP contribution in [0, 0.1) is 11.8 Å². The number of fused-ring (bicyclic) bond motifs is 1. The molecule has 2 aliphatic carbocycles. The van der Waals surface area contributed by atoms with Crippen molar-refractivity contribution >= 4 is 17.3 Å². The van der Waals surface area contributed by atoms with E-state index < -0.39 is 17.3 Å². The molecule has 2 saturated carbocycles. The summed E-state index contributed by atoms with van der Waals surface area (Å²) in [6.07, 6.45) is 3.43. The molecule has 0 spiro atoms. The van der Waals surface area contributed by atoms with E-state index in [1.165, 1.54) is 0 Å². The van der Waals surface area contributed by atoms with Crippen LogP contribution in [0.3, 0.4) is 0 Å². The molecule has 0 N–H and O–H groups in total. The van der Waals surface area contributed by atoms with Crippen molar-refractivity contribution in [2.24, 2.45) is 11.8 Å². The van der Waals surface area contributed by atoms with Gasteiger partial charge in [-0.25, -0.2) is 0 Å². The van der Waals surface area contributed by atoms with Gasteiger partial charge in [-0.2, -0.15) is 0 Å². The average molecular weight is 232 g/mol. The van der Waals surface area contributed by atoms with Crippen LogP contribution in [-0.4, -0.2) is 17.3 Å². The fraction of sp³-hybridized carbons (Fsp3) is 0.667. The summed E-state index contributed by atoms with van der Waals surface area (Å²) in [4.78, 5) is 33.3. The van der Waals surface area contributed by atoms with Gasteiger partial charge in [0.25, 0.3) is 5.78 Å². The second kappa shape index (κ2) is 3.79. The van der Waals surface area contributed by atoms with Gasteiger partial charge in [0.2, 0.25) is 11.6 Å². The fourth-order valence-corrected chi connectivity index (χ4v) is 2.22. The summed E-state index contributed by atoms with van der Waals surface area (Å²) in [6, 6.07) is 0. The zero-order chi connectivity index (χ0) is 8.72. The Morgan fingerprint density at radius 2 is 1.23 bits per heavy atom. The summed E-state index contributed by atoms with van der Waals surface area (Å²) in [5.41, 5.74) is 0. The van der Waals surface area contributed by atoms with E-state index in [1.807, 2.05) is 0 Å². The van der Waals surface area contributed by atoms with Crippen LogP contribution in [-0.2, 0) is 33.9 Å². The normalized spacial score (nSPS) is 32.8. The van der Waals surface area contributed by atoms with Crippen molar-refractivity contribution in [1.29, 1.82) is 0 Å². The number of hydrogen-bond donors (Lipinski definition) is 0. The Morgan fingerprint density at radius 1 is 0.846 bits per heavy atom. The van der Waals surface area contributed by atoms with E-state index in [4.69, 9.17) is 0 Å². The molecular weight excluding hydrogens is 221 g/mol. The molecule has 4 heteroatoms. The summed E-state index contributed by atoms with van der Waals surface area (Å²) in [5.74, 6) is -2.10. The van der Waals surface area contributed by atoms with Crippen LogP contribution in [0.5, 0.6) is 0 Å². The van der Waals surface area contributed by atoms with Crippen molar-refractivity contribution in [3.63, 3.8) is 0 Å². The topological polar surface area (TPSA) is 51.2 Å². The molecule has 2 aliphatic rings. The number of ketones is 3. The molecule has 13 heavy (non-hydrogen) atoms. The van der Waals surface area contributed by atoms with Crippen LogP contribution >= 0.6 is 0 Å². The van der Waals surface area contributed by atoms with Gasteiger partial charge < -0.3 is 0 Å². The number of carbonyl (C=O) groups is 3. The van der Waals surface area contributed by atoms with Crippen LogP contribution in [0.1, 0.15) is 25.7 Å². The molecule has 2 fully saturated rings. The Hall–Kier alpha value is -0.367. The molecule has 0 aromatic carbocycles. The first-order valence-corrected chi connectivity index (χ1v) is 4.34. The second-order valence-corrected chi connectivity index (χ2v) is 3.56. The number of rotatable bonds is 0. The van der Waals surface area contributed by atoms with Gasteiger partial charge >= 0.3 is 0 Å². The minimum Gasteiger partial charge on any atom is -0.290 e. The Morgan fingerprint density at radius 3 is 1.62 bits per heavy atom. The molecule has 0 heterocycles. The van der Waals surface area contributed by atoms with E-state index >= 15 is 0 Å². The van der Waals surface area contributed by atoms with Crippen LogP contribution in [0.25, 0.3) is 0 Å². The van der Waals surface area contributed by atoms with Crippen molar-refractivity contribution in [2.45, 2.75) is 25.7 Å². The standard InChI is InChI=1S/C9H10O3.Zn/c10-7-5-3-1-2-4-6(5)8(11)9(7)12;/h5-6H,1-4H2;. The van der Waals surface area contributed by atoms with Gasteiger partial charge in [0.1, 0.15) is 0 Å². The maximum absolute atomic E-state index is 11.2. The van der Waals surface area contributed by atoms with E-state index in [0.717, 1.165) is 25.7 Å². The molecule has 2 unspecified atom stereocenters. The zero-order valence-corrected chi connectivity index (χ0v) is 10.4. The average Bonchev–Trinajstić information content (AvgIpc) is 2.33. The van der Waals surface area contributed by atoms with Gasteiger partial charge in [-0.1, -0.05) is 12.8 Å². The van der Waals surface area contributed by atoms with Crippen molar-refractivity contribution in [2.75, 3.05) is 0 Å². The third kappa shape index (κ3) is 1.52. The fourth-order valence-electron chi connectivity index (χ4n) is 2.22. The van der Waals surface area contributed by atoms with Gasteiger partial charge in [-0.05, 0) is 12.8 Å². The summed E-state index contributed by atoms with van der Waals surface area (Å²) < 4.78 is 0. The van der Waals surface area contributed by atoms with E-state index in [0.29, 0.717) is 0 Å². The maximum Gasteiger partial charge on any atom is 0.264 e. The molecule has 3 nitrogen and oxygen atoms in total. The molecule has 66 valence electrons. The molecule has 2 rings (SSSR count). The van der Waals surface area contributed by atoms with Crippen molar-refractivity contribution < 1.29 is 33.9 Å². The molecule has 0 aromatic rings. The van der Waals surface area contributed by atoms with E-state index in [1.54, 1.807) is 0 Å². The molecule has 0 amide bonds. The third-order valence-electron chi connectivity index (χ3n) is 2.89. The predicted molar refractivity (Wildman–Crippen MR) is 40.5 cm³/mol. The predicted octanol–water partition coefficient (Wildman–Crippen LogP) is 0.511. The summed E-state index contributed by atoms with van der Waals surface area (Å²) in [5, 5.41) is 0. The van der Waals surface area contributed by atoms with Gasteiger partial charge in [-0.3, -0.25) is 14.4 Å². The SMILES string of the molecule is O=C1C(=O)C2CCCCC2C1=O.[Zn]. The molecule has 0 aliphatic heterocycles. The monoisotopic (exact) mass is 230 g/mol. The molecule has 0 saturated heterocycles. The number of carbonyl (C=O) groups excluding carboxylic acids is 3. The zero-order valence-electron chi connectivity index (χ0n) is 7.41.